The van der Waals surface area contributed by atoms with Crippen molar-refractivity contribution in [2.45, 2.75) is 26.7 Å². The maximum atomic E-state index is 11.5. The molecular formula is C16H18Cl2O4. The summed E-state index contributed by atoms with van der Waals surface area (Å²) in [5.74, 6) is -0.461. The van der Waals surface area contributed by atoms with Gasteiger partial charge in [-0.25, -0.2) is 9.59 Å². The predicted octanol–water partition coefficient (Wildman–Crippen LogP) is 4.43. The zero-order chi connectivity index (χ0) is 16.5. The van der Waals surface area contributed by atoms with Gasteiger partial charge >= 0.3 is 11.9 Å². The lowest BCUT2D eigenvalue weighted by atomic mass is 10.1. The lowest BCUT2D eigenvalue weighted by Crippen LogP contribution is -2.07. The van der Waals surface area contributed by atoms with Crippen LogP contribution in [0.5, 0.6) is 5.75 Å². The second kappa shape index (κ2) is 9.49. The minimum Gasteiger partial charge on any atom is -0.463 e. The maximum Gasteiger partial charge on any atom is 0.336 e. The monoisotopic (exact) mass is 344 g/mol. The standard InChI is InChI=1S/C16H18Cl2O4/c1-11(2)4-3-9-21-15(19)7-8-16(20)22-12-5-6-13(17)14(18)10-12/h5-8,10-11H,3-4,9H2,1-2H3/b8-7+. The molecule has 6 heteroatoms. The van der Waals surface area contributed by atoms with Crippen LogP contribution in [0.1, 0.15) is 26.7 Å². The van der Waals surface area contributed by atoms with Gasteiger partial charge in [0.15, 0.2) is 0 Å². The van der Waals surface area contributed by atoms with Crippen molar-refractivity contribution in [2.24, 2.45) is 5.92 Å². The summed E-state index contributed by atoms with van der Waals surface area (Å²) in [5, 5.41) is 0.641. The molecule has 0 atom stereocenters. The van der Waals surface area contributed by atoms with E-state index in [1.54, 1.807) is 0 Å². The Morgan fingerprint density at radius 2 is 1.82 bits per heavy atom. The second-order valence-corrected chi connectivity index (χ2v) is 5.85. The third-order valence-electron chi connectivity index (χ3n) is 2.64. The molecule has 0 aliphatic rings. The number of halogens is 2. The molecule has 120 valence electrons. The molecule has 0 amide bonds. The van der Waals surface area contributed by atoms with Crippen LogP contribution < -0.4 is 4.74 Å². The molecule has 0 fully saturated rings. The van der Waals surface area contributed by atoms with Crippen molar-refractivity contribution < 1.29 is 19.1 Å². The molecule has 0 N–H and O–H groups in total. The van der Waals surface area contributed by atoms with E-state index < -0.39 is 11.9 Å². The van der Waals surface area contributed by atoms with Crippen molar-refractivity contribution in [3.05, 3.63) is 40.4 Å². The summed E-state index contributed by atoms with van der Waals surface area (Å²) in [5.41, 5.74) is 0. The molecule has 1 rings (SSSR count). The van der Waals surface area contributed by atoms with E-state index in [9.17, 15) is 9.59 Å². The number of hydrogen-bond donors (Lipinski definition) is 0. The highest BCUT2D eigenvalue weighted by molar-refractivity contribution is 6.42. The highest BCUT2D eigenvalue weighted by Gasteiger charge is 2.05. The minimum absolute atomic E-state index is 0.245. The first kappa shape index (κ1) is 18.5. The van der Waals surface area contributed by atoms with Gasteiger partial charge in [0.2, 0.25) is 0 Å². The van der Waals surface area contributed by atoms with E-state index >= 15 is 0 Å². The third-order valence-corrected chi connectivity index (χ3v) is 3.37. The van der Waals surface area contributed by atoms with Gasteiger partial charge in [0.25, 0.3) is 0 Å². The Morgan fingerprint density at radius 3 is 2.45 bits per heavy atom. The minimum atomic E-state index is -0.697. The summed E-state index contributed by atoms with van der Waals surface area (Å²) in [7, 11) is 0. The summed E-state index contributed by atoms with van der Waals surface area (Å²) in [4.78, 5) is 22.9. The number of ether oxygens (including phenoxy) is 2. The third kappa shape index (κ3) is 7.48. The first-order valence-electron chi connectivity index (χ1n) is 6.90. The number of carbonyl (C=O) groups excluding carboxylic acids is 2. The highest BCUT2D eigenvalue weighted by Crippen LogP contribution is 2.26. The van der Waals surface area contributed by atoms with Crippen molar-refractivity contribution in [3.8, 4) is 5.75 Å². The lowest BCUT2D eigenvalue weighted by Gasteiger charge is -2.04. The van der Waals surface area contributed by atoms with E-state index in [0.717, 1.165) is 25.0 Å². The number of benzene rings is 1. The van der Waals surface area contributed by atoms with Crippen molar-refractivity contribution in [1.29, 1.82) is 0 Å². The molecule has 0 unspecified atom stereocenters. The fourth-order valence-corrected chi connectivity index (χ4v) is 1.83. The van der Waals surface area contributed by atoms with Crippen LogP contribution in [0.15, 0.2) is 30.4 Å². The molecule has 0 aliphatic heterocycles. The Hall–Kier alpha value is -1.52. The van der Waals surface area contributed by atoms with Crippen molar-refractivity contribution in [1.82, 2.24) is 0 Å². The molecule has 1 aromatic carbocycles. The van der Waals surface area contributed by atoms with Crippen LogP contribution >= 0.6 is 23.2 Å². The fourth-order valence-electron chi connectivity index (χ4n) is 1.54. The van der Waals surface area contributed by atoms with Crippen LogP contribution in [0, 0.1) is 5.92 Å². The molecule has 0 saturated heterocycles. The van der Waals surface area contributed by atoms with E-state index in [1.807, 2.05) is 0 Å². The number of hydrogen-bond acceptors (Lipinski definition) is 4. The van der Waals surface area contributed by atoms with E-state index in [0.29, 0.717) is 17.5 Å². The molecular weight excluding hydrogens is 327 g/mol. The molecule has 0 aliphatic carbocycles. The topological polar surface area (TPSA) is 52.6 Å². The normalized spacial score (nSPS) is 11.0. The van der Waals surface area contributed by atoms with Gasteiger partial charge in [-0.2, -0.15) is 0 Å². The Bertz CT molecular complexity index is 553. The maximum absolute atomic E-state index is 11.5. The van der Waals surface area contributed by atoms with Crippen LogP contribution in [-0.4, -0.2) is 18.5 Å². The van der Waals surface area contributed by atoms with Gasteiger partial charge in [-0.3, -0.25) is 0 Å². The molecule has 1 aromatic rings. The average Bonchev–Trinajstić information content (AvgIpc) is 2.45. The Morgan fingerprint density at radius 1 is 1.14 bits per heavy atom. The van der Waals surface area contributed by atoms with Crippen molar-refractivity contribution in [3.63, 3.8) is 0 Å². The van der Waals surface area contributed by atoms with E-state index in [2.05, 4.69) is 13.8 Å². The first-order chi connectivity index (χ1) is 10.4. The molecule has 0 spiro atoms. The average molecular weight is 345 g/mol. The molecule has 4 nitrogen and oxygen atoms in total. The van der Waals surface area contributed by atoms with Gasteiger partial charge in [-0.05, 0) is 30.9 Å². The summed E-state index contributed by atoms with van der Waals surface area (Å²) in [6.07, 6.45) is 3.82. The van der Waals surface area contributed by atoms with Crippen molar-refractivity contribution >= 4 is 35.1 Å². The second-order valence-electron chi connectivity index (χ2n) is 5.03. The zero-order valence-corrected chi connectivity index (χ0v) is 14.0. The van der Waals surface area contributed by atoms with Crippen LogP contribution in [0.3, 0.4) is 0 Å². The predicted molar refractivity (Wildman–Crippen MR) is 86.3 cm³/mol. The van der Waals surface area contributed by atoms with Gasteiger partial charge in [0.1, 0.15) is 5.75 Å². The van der Waals surface area contributed by atoms with E-state index in [1.165, 1.54) is 18.2 Å². The molecule has 0 saturated carbocycles. The van der Waals surface area contributed by atoms with Gasteiger partial charge in [0.05, 0.1) is 16.7 Å². The molecule has 0 aromatic heterocycles. The first-order valence-corrected chi connectivity index (χ1v) is 7.65. The largest absolute Gasteiger partial charge is 0.463 e. The van der Waals surface area contributed by atoms with Crippen molar-refractivity contribution in [2.75, 3.05) is 6.61 Å². The molecule has 0 heterocycles. The SMILES string of the molecule is CC(C)CCCOC(=O)/C=C/C(=O)Oc1ccc(Cl)c(Cl)c1. The van der Waals surface area contributed by atoms with E-state index in [4.69, 9.17) is 32.7 Å². The summed E-state index contributed by atoms with van der Waals surface area (Å²) >= 11 is 11.6. The van der Waals surface area contributed by atoms with Gasteiger partial charge in [-0.1, -0.05) is 37.0 Å². The fraction of sp³-hybridized carbons (Fsp3) is 0.375. The van der Waals surface area contributed by atoms with E-state index in [-0.39, 0.29) is 10.8 Å². The highest BCUT2D eigenvalue weighted by atomic mass is 35.5. The molecule has 22 heavy (non-hydrogen) atoms. The lowest BCUT2D eigenvalue weighted by molar-refractivity contribution is -0.138. The van der Waals surface area contributed by atoms with Crippen LogP contribution in [0.2, 0.25) is 10.0 Å². The van der Waals surface area contributed by atoms with Crippen LogP contribution in [-0.2, 0) is 14.3 Å². The van der Waals surface area contributed by atoms with Gasteiger partial charge in [-0.15, -0.1) is 0 Å². The molecule has 0 radical (unpaired) electrons. The van der Waals surface area contributed by atoms with Gasteiger partial charge < -0.3 is 9.47 Å². The number of carbonyl (C=O) groups is 2. The Balaban J connectivity index is 2.37. The zero-order valence-electron chi connectivity index (χ0n) is 12.5. The van der Waals surface area contributed by atoms with Gasteiger partial charge in [0, 0.05) is 18.2 Å². The molecule has 0 bridgehead atoms. The summed E-state index contributed by atoms with van der Waals surface area (Å²) < 4.78 is 9.94. The van der Waals surface area contributed by atoms with Crippen LogP contribution in [0.25, 0.3) is 0 Å². The Labute approximate surface area is 140 Å². The summed E-state index contributed by atoms with van der Waals surface area (Å²) in [6.45, 7) is 4.53. The van der Waals surface area contributed by atoms with Crippen LogP contribution in [0.4, 0.5) is 0 Å². The number of esters is 2. The Kier molecular flexibility index (Phi) is 7.99. The summed E-state index contributed by atoms with van der Waals surface area (Å²) in [6, 6.07) is 4.43. The number of rotatable bonds is 7. The smallest absolute Gasteiger partial charge is 0.336 e. The quantitative estimate of drug-likeness (QED) is 0.317.